The molecule has 20 heavy (non-hydrogen) atoms. The molecule has 1 fully saturated rings. The molecular weight excluding hydrogens is 320 g/mol. The molecule has 0 bridgehead atoms. The van der Waals surface area contributed by atoms with Gasteiger partial charge in [0.2, 0.25) is 0 Å². The fraction of sp³-hybridized carbons (Fsp3) is 0.273. The molecule has 9 heteroatoms. The van der Waals surface area contributed by atoms with Crippen LogP contribution < -0.4 is 4.90 Å². The summed E-state index contributed by atoms with van der Waals surface area (Å²) in [5, 5.41) is 0.254. The number of rotatable bonds is 2. The molecule has 0 spiro atoms. The lowest BCUT2D eigenvalue weighted by Gasteiger charge is -2.19. The molecule has 0 N–H and O–H groups in total. The van der Waals surface area contributed by atoms with Gasteiger partial charge in [0.05, 0.1) is 10.7 Å². The summed E-state index contributed by atoms with van der Waals surface area (Å²) < 4.78 is 36.9. The van der Waals surface area contributed by atoms with Gasteiger partial charge < -0.3 is 4.90 Å². The van der Waals surface area contributed by atoms with Crippen LogP contribution in [0.4, 0.5) is 23.7 Å². The van der Waals surface area contributed by atoms with E-state index in [-0.39, 0.29) is 15.7 Å². The highest BCUT2D eigenvalue weighted by Crippen LogP contribution is 2.32. The summed E-state index contributed by atoms with van der Waals surface area (Å²) in [6.07, 6.45) is -4.58. The van der Waals surface area contributed by atoms with Crippen LogP contribution in [0.2, 0.25) is 10.0 Å². The van der Waals surface area contributed by atoms with Gasteiger partial charge in [0, 0.05) is 5.02 Å². The van der Waals surface area contributed by atoms with Crippen molar-refractivity contribution in [2.24, 2.45) is 0 Å². The molecule has 1 aromatic carbocycles. The number of benzene rings is 1. The van der Waals surface area contributed by atoms with Crippen LogP contribution in [0.5, 0.6) is 0 Å². The number of alkyl halides is 3. The second-order valence-corrected chi connectivity index (χ2v) is 4.92. The monoisotopic (exact) mass is 326 g/mol. The Kier molecular flexibility index (Phi) is 3.84. The predicted molar refractivity (Wildman–Crippen MR) is 67.0 cm³/mol. The molecule has 1 aliphatic heterocycles. The van der Waals surface area contributed by atoms with Crippen molar-refractivity contribution in [1.82, 2.24) is 4.90 Å². The highest BCUT2D eigenvalue weighted by Gasteiger charge is 2.43. The topological polar surface area (TPSA) is 40.6 Å². The van der Waals surface area contributed by atoms with Crippen LogP contribution in [-0.4, -0.2) is 36.1 Å². The number of hydrogen-bond acceptors (Lipinski definition) is 2. The second-order valence-electron chi connectivity index (χ2n) is 4.08. The average Bonchev–Trinajstić information content (AvgIpc) is 2.56. The third kappa shape index (κ3) is 2.99. The summed E-state index contributed by atoms with van der Waals surface area (Å²) in [4.78, 5) is 24.6. The minimum absolute atomic E-state index is 0.0289. The van der Waals surface area contributed by atoms with E-state index in [0.717, 1.165) is 0 Å². The molecule has 1 heterocycles. The maximum absolute atomic E-state index is 12.3. The third-order valence-electron chi connectivity index (χ3n) is 2.56. The first-order valence-corrected chi connectivity index (χ1v) is 6.08. The lowest BCUT2D eigenvalue weighted by molar-refractivity contribution is -0.139. The normalized spacial score (nSPS) is 16.2. The van der Waals surface area contributed by atoms with Gasteiger partial charge in [-0.15, -0.1) is 0 Å². The number of carbonyl (C=O) groups excluding carboxylic acids is 2. The van der Waals surface area contributed by atoms with Crippen molar-refractivity contribution in [3.63, 3.8) is 0 Å². The number of anilines is 1. The van der Waals surface area contributed by atoms with Gasteiger partial charge >= 0.3 is 12.2 Å². The molecule has 108 valence electrons. The van der Waals surface area contributed by atoms with Crippen LogP contribution in [-0.2, 0) is 4.79 Å². The first-order valence-electron chi connectivity index (χ1n) is 5.33. The summed E-state index contributed by atoms with van der Waals surface area (Å²) in [6.45, 7) is -2.15. The predicted octanol–water partition coefficient (Wildman–Crippen LogP) is 3.32. The summed E-state index contributed by atoms with van der Waals surface area (Å²) in [6, 6.07) is 2.96. The second kappa shape index (κ2) is 5.14. The Morgan fingerprint density at radius 2 is 1.85 bits per heavy atom. The lowest BCUT2D eigenvalue weighted by atomic mass is 10.3. The van der Waals surface area contributed by atoms with Crippen LogP contribution in [0, 0.1) is 0 Å². The summed E-state index contributed by atoms with van der Waals surface area (Å²) in [5.74, 6) is -0.789. The van der Waals surface area contributed by atoms with Gasteiger partial charge in [-0.2, -0.15) is 13.2 Å². The highest BCUT2D eigenvalue weighted by molar-refractivity contribution is 6.37. The maximum Gasteiger partial charge on any atom is 0.406 e. The maximum atomic E-state index is 12.3. The molecule has 2 rings (SSSR count). The summed E-state index contributed by atoms with van der Waals surface area (Å²) >= 11 is 11.6. The number of amides is 3. The van der Waals surface area contributed by atoms with E-state index < -0.39 is 31.2 Å². The Bertz CT molecular complexity index is 577. The lowest BCUT2D eigenvalue weighted by Crippen LogP contribution is -2.38. The molecule has 1 saturated heterocycles. The number of urea groups is 1. The van der Waals surface area contributed by atoms with Crippen LogP contribution >= 0.6 is 23.2 Å². The number of halogens is 5. The summed E-state index contributed by atoms with van der Waals surface area (Å²) in [5.41, 5.74) is -0.0289. The zero-order chi connectivity index (χ0) is 15.1. The Balaban J connectivity index is 2.32. The smallest absolute Gasteiger partial charge is 0.306 e. The molecule has 0 aliphatic carbocycles. The molecule has 1 aliphatic rings. The van der Waals surface area contributed by atoms with Crippen molar-refractivity contribution in [1.29, 1.82) is 0 Å². The van der Waals surface area contributed by atoms with Gasteiger partial charge in [0.1, 0.15) is 13.1 Å². The number of hydrogen-bond donors (Lipinski definition) is 0. The van der Waals surface area contributed by atoms with Crippen molar-refractivity contribution in [3.8, 4) is 0 Å². The zero-order valence-corrected chi connectivity index (χ0v) is 11.3. The van der Waals surface area contributed by atoms with E-state index in [1.54, 1.807) is 0 Å². The molecule has 1 aromatic rings. The molecule has 0 atom stereocenters. The minimum Gasteiger partial charge on any atom is -0.306 e. The fourth-order valence-electron chi connectivity index (χ4n) is 1.78. The molecule has 0 unspecified atom stereocenters. The van der Waals surface area contributed by atoms with Crippen molar-refractivity contribution in [2.75, 3.05) is 18.0 Å². The molecule has 4 nitrogen and oxygen atoms in total. The Morgan fingerprint density at radius 3 is 2.45 bits per heavy atom. The van der Waals surface area contributed by atoms with Crippen LogP contribution in [0.1, 0.15) is 0 Å². The number of imide groups is 1. The van der Waals surface area contributed by atoms with Gasteiger partial charge in [-0.3, -0.25) is 4.79 Å². The Hall–Kier alpha value is -1.47. The van der Waals surface area contributed by atoms with E-state index >= 15 is 0 Å². The van der Waals surface area contributed by atoms with Gasteiger partial charge in [0.15, 0.2) is 0 Å². The highest BCUT2D eigenvalue weighted by atomic mass is 35.5. The minimum atomic E-state index is -4.58. The largest absolute Gasteiger partial charge is 0.406 e. The first kappa shape index (κ1) is 14.9. The average molecular weight is 327 g/mol. The van der Waals surface area contributed by atoms with E-state index in [1.165, 1.54) is 18.2 Å². The molecule has 0 saturated carbocycles. The van der Waals surface area contributed by atoms with Crippen molar-refractivity contribution in [2.45, 2.75) is 6.18 Å². The van der Waals surface area contributed by atoms with E-state index in [0.29, 0.717) is 9.80 Å². The number of nitrogens with zero attached hydrogens (tertiary/aromatic N) is 2. The van der Waals surface area contributed by atoms with Crippen molar-refractivity contribution >= 4 is 40.8 Å². The van der Waals surface area contributed by atoms with Gasteiger partial charge in [-0.05, 0) is 18.2 Å². The van der Waals surface area contributed by atoms with Gasteiger partial charge in [-0.1, -0.05) is 23.2 Å². The number of carbonyl (C=O) groups is 2. The Labute approximate surface area is 121 Å². The SMILES string of the molecule is O=C1CN(CC(F)(F)F)C(=O)N1c1cc(Cl)ccc1Cl. The fourth-order valence-corrected chi connectivity index (χ4v) is 2.15. The summed E-state index contributed by atoms with van der Waals surface area (Å²) in [7, 11) is 0. The first-order chi connectivity index (χ1) is 9.19. The van der Waals surface area contributed by atoms with E-state index in [4.69, 9.17) is 23.2 Å². The van der Waals surface area contributed by atoms with E-state index in [1.807, 2.05) is 0 Å². The third-order valence-corrected chi connectivity index (χ3v) is 3.11. The van der Waals surface area contributed by atoms with Crippen molar-refractivity contribution < 1.29 is 22.8 Å². The van der Waals surface area contributed by atoms with E-state index in [2.05, 4.69) is 0 Å². The van der Waals surface area contributed by atoms with Crippen molar-refractivity contribution in [3.05, 3.63) is 28.2 Å². The molecular formula is C11H7Cl2F3N2O2. The molecule has 0 aromatic heterocycles. The van der Waals surface area contributed by atoms with Crippen LogP contribution in [0.3, 0.4) is 0 Å². The van der Waals surface area contributed by atoms with Gasteiger partial charge in [0.25, 0.3) is 5.91 Å². The quantitative estimate of drug-likeness (QED) is 0.782. The van der Waals surface area contributed by atoms with Crippen LogP contribution in [0.15, 0.2) is 18.2 Å². The standard InChI is InChI=1S/C11H7Cl2F3N2O2/c12-6-1-2-7(13)8(3-6)18-9(19)4-17(10(18)20)5-11(14,15)16/h1-3H,4-5H2. The van der Waals surface area contributed by atoms with Crippen LogP contribution in [0.25, 0.3) is 0 Å². The zero-order valence-electron chi connectivity index (χ0n) is 9.75. The van der Waals surface area contributed by atoms with Gasteiger partial charge in [-0.25, -0.2) is 9.69 Å². The molecule has 3 amide bonds. The Morgan fingerprint density at radius 1 is 1.20 bits per heavy atom. The van der Waals surface area contributed by atoms with E-state index in [9.17, 15) is 22.8 Å². The molecule has 0 radical (unpaired) electrons.